The van der Waals surface area contributed by atoms with Crippen molar-refractivity contribution in [3.63, 3.8) is 0 Å². The first-order valence-electron chi connectivity index (χ1n) is 13.8. The van der Waals surface area contributed by atoms with E-state index in [4.69, 9.17) is 9.84 Å². The van der Waals surface area contributed by atoms with E-state index in [1.54, 1.807) is 46.0 Å². The summed E-state index contributed by atoms with van der Waals surface area (Å²) in [4.78, 5) is 29.8. The molecular weight excluding hydrogens is 524 g/mol. The standard InChI is InChI=1S/C30H36N6O5/c1-21(6-3-4-13-34-20-23(11-15-37)32-33-34)30(40)26-17-25(41-2)9-10-27(26)36(29(30)39)19-22-7-5-8-24(16-22)35-14-12-31-18-28(35)38/h3,5-10,16-17,20-21,31,37,40H,4,11-15,18-19H2,1-2H3/b6-3+/t21-,30+/m1/s1. The zero-order chi connectivity index (χ0) is 29.0. The zero-order valence-corrected chi connectivity index (χ0v) is 23.4. The van der Waals surface area contributed by atoms with Crippen LogP contribution in [0.1, 0.15) is 30.2 Å². The number of aliphatic hydroxyl groups is 2. The molecule has 2 aliphatic heterocycles. The highest BCUT2D eigenvalue weighted by Gasteiger charge is 2.52. The number of rotatable bonds is 11. The fourth-order valence-electron chi connectivity index (χ4n) is 5.42. The van der Waals surface area contributed by atoms with E-state index in [2.05, 4.69) is 15.6 Å². The van der Waals surface area contributed by atoms with Gasteiger partial charge >= 0.3 is 0 Å². The number of benzene rings is 2. The van der Waals surface area contributed by atoms with Crippen LogP contribution in [0.2, 0.25) is 0 Å². The average Bonchev–Trinajstić information content (AvgIpc) is 3.52. The zero-order valence-electron chi connectivity index (χ0n) is 23.4. The van der Waals surface area contributed by atoms with Crippen molar-refractivity contribution >= 4 is 23.2 Å². The van der Waals surface area contributed by atoms with Crippen LogP contribution in [0.25, 0.3) is 0 Å². The number of hydrogen-bond acceptors (Lipinski definition) is 8. The number of nitrogens with zero attached hydrogens (tertiary/aromatic N) is 5. The van der Waals surface area contributed by atoms with Crippen LogP contribution in [0.15, 0.2) is 60.8 Å². The molecule has 0 bridgehead atoms. The maximum Gasteiger partial charge on any atom is 0.264 e. The largest absolute Gasteiger partial charge is 0.497 e. The Morgan fingerprint density at radius 2 is 2.07 bits per heavy atom. The molecule has 41 heavy (non-hydrogen) atoms. The maximum atomic E-state index is 14.0. The predicted octanol–water partition coefficient (Wildman–Crippen LogP) is 1.77. The molecule has 0 unspecified atom stereocenters. The van der Waals surface area contributed by atoms with Crippen LogP contribution in [0, 0.1) is 5.92 Å². The number of aliphatic hydroxyl groups excluding tert-OH is 1. The van der Waals surface area contributed by atoms with Crippen molar-refractivity contribution in [1.82, 2.24) is 20.3 Å². The molecule has 2 amide bonds. The number of aryl methyl sites for hydroxylation is 1. The maximum absolute atomic E-state index is 14.0. The number of piperazine rings is 1. The highest BCUT2D eigenvalue weighted by Crippen LogP contribution is 2.47. The molecule has 3 N–H and O–H groups in total. The third kappa shape index (κ3) is 5.74. The molecule has 3 aromatic rings. The van der Waals surface area contributed by atoms with Gasteiger partial charge in [-0.2, -0.15) is 0 Å². The summed E-state index contributed by atoms with van der Waals surface area (Å²) in [5.74, 6) is -0.382. The number of anilines is 2. The quantitative estimate of drug-likeness (QED) is 0.302. The summed E-state index contributed by atoms with van der Waals surface area (Å²) < 4.78 is 7.14. The minimum atomic E-state index is -1.78. The highest BCUT2D eigenvalue weighted by molar-refractivity contribution is 6.07. The molecule has 1 aromatic heterocycles. The second-order valence-corrected chi connectivity index (χ2v) is 10.4. The van der Waals surface area contributed by atoms with Crippen LogP contribution < -0.4 is 19.9 Å². The third-order valence-corrected chi connectivity index (χ3v) is 7.69. The first-order chi connectivity index (χ1) is 19.8. The number of allylic oxidation sites excluding steroid dienone is 1. The molecule has 0 spiro atoms. The number of methoxy groups -OCH3 is 1. The van der Waals surface area contributed by atoms with Gasteiger partial charge in [-0.1, -0.05) is 36.4 Å². The van der Waals surface area contributed by atoms with E-state index in [-0.39, 0.29) is 19.1 Å². The van der Waals surface area contributed by atoms with Crippen LogP contribution in [-0.4, -0.2) is 70.4 Å². The molecule has 216 valence electrons. The number of nitrogens with one attached hydrogen (secondary N) is 1. The van der Waals surface area contributed by atoms with Gasteiger partial charge in [0.2, 0.25) is 5.91 Å². The van der Waals surface area contributed by atoms with E-state index in [0.29, 0.717) is 49.5 Å². The molecule has 0 radical (unpaired) electrons. The first kappa shape index (κ1) is 28.5. The van der Waals surface area contributed by atoms with Crippen molar-refractivity contribution in [2.75, 3.05) is 43.2 Å². The Morgan fingerprint density at radius 3 is 2.85 bits per heavy atom. The fraction of sp³-hybridized carbons (Fsp3) is 0.400. The molecule has 2 aromatic carbocycles. The van der Waals surface area contributed by atoms with Gasteiger partial charge in [-0.15, -0.1) is 5.10 Å². The van der Waals surface area contributed by atoms with Gasteiger partial charge in [0.25, 0.3) is 5.91 Å². The molecular formula is C30H36N6O5. The monoisotopic (exact) mass is 560 g/mol. The average molecular weight is 561 g/mol. The van der Waals surface area contributed by atoms with Crippen LogP contribution in [0.5, 0.6) is 5.75 Å². The predicted molar refractivity (Wildman–Crippen MR) is 153 cm³/mol. The van der Waals surface area contributed by atoms with E-state index >= 15 is 0 Å². The lowest BCUT2D eigenvalue weighted by Gasteiger charge is -2.29. The Hall–Kier alpha value is -4.06. The van der Waals surface area contributed by atoms with Crippen molar-refractivity contribution in [3.05, 3.63) is 77.6 Å². The first-order valence-corrected chi connectivity index (χ1v) is 13.8. The molecule has 11 heteroatoms. The lowest BCUT2D eigenvalue weighted by molar-refractivity contribution is -0.139. The number of aromatic nitrogens is 3. The van der Waals surface area contributed by atoms with E-state index < -0.39 is 17.4 Å². The third-order valence-electron chi connectivity index (χ3n) is 7.69. The van der Waals surface area contributed by atoms with Crippen LogP contribution in [-0.2, 0) is 34.7 Å². The van der Waals surface area contributed by atoms with Crippen molar-refractivity contribution in [2.24, 2.45) is 5.92 Å². The van der Waals surface area contributed by atoms with Gasteiger partial charge < -0.3 is 30.1 Å². The Kier molecular flexibility index (Phi) is 8.48. The summed E-state index contributed by atoms with van der Waals surface area (Å²) in [5.41, 5.74) is 1.71. The van der Waals surface area contributed by atoms with Gasteiger partial charge in [0.15, 0.2) is 5.60 Å². The summed E-state index contributed by atoms with van der Waals surface area (Å²) in [6.07, 6.45) is 6.67. The van der Waals surface area contributed by atoms with Crippen molar-refractivity contribution in [1.29, 1.82) is 0 Å². The summed E-state index contributed by atoms with van der Waals surface area (Å²) in [6, 6.07) is 12.9. The minimum absolute atomic E-state index is 0.00694. The lowest BCUT2D eigenvalue weighted by Crippen LogP contribution is -2.48. The Bertz CT molecular complexity index is 1440. The second kappa shape index (κ2) is 12.2. The van der Waals surface area contributed by atoms with Crippen molar-refractivity contribution in [3.8, 4) is 5.75 Å². The molecule has 0 saturated carbocycles. The molecule has 11 nitrogen and oxygen atoms in total. The molecule has 2 atom stereocenters. The van der Waals surface area contributed by atoms with Crippen molar-refractivity contribution < 1.29 is 24.5 Å². The van der Waals surface area contributed by atoms with Crippen LogP contribution in [0.3, 0.4) is 0 Å². The van der Waals surface area contributed by atoms with Gasteiger partial charge in [-0.05, 0) is 42.3 Å². The molecule has 5 rings (SSSR count). The number of hydrogen-bond donors (Lipinski definition) is 3. The van der Waals surface area contributed by atoms with Gasteiger partial charge in [0, 0.05) is 56.0 Å². The normalized spacial score (nSPS) is 19.7. The SMILES string of the molecule is COc1ccc2c(c1)[C@@](O)([C@H](C)/C=C/CCn1cc(CCO)nn1)C(=O)N2Cc1cccc(N2CCNCC2=O)c1. The van der Waals surface area contributed by atoms with E-state index in [1.807, 2.05) is 43.3 Å². The van der Waals surface area contributed by atoms with Gasteiger partial charge in [0.05, 0.1) is 31.6 Å². The molecule has 3 heterocycles. The fourth-order valence-corrected chi connectivity index (χ4v) is 5.42. The van der Waals surface area contributed by atoms with Crippen LogP contribution >= 0.6 is 0 Å². The number of carbonyl (C=O) groups excluding carboxylic acids is 2. The van der Waals surface area contributed by atoms with Gasteiger partial charge in [-0.25, -0.2) is 0 Å². The molecule has 2 aliphatic rings. The number of carbonyl (C=O) groups is 2. The Balaban J connectivity index is 1.36. The van der Waals surface area contributed by atoms with E-state index in [0.717, 1.165) is 23.5 Å². The number of fused-ring (bicyclic) bond motifs is 1. The minimum Gasteiger partial charge on any atom is -0.497 e. The summed E-state index contributed by atoms with van der Waals surface area (Å²) >= 11 is 0. The molecule has 0 aliphatic carbocycles. The smallest absolute Gasteiger partial charge is 0.264 e. The summed E-state index contributed by atoms with van der Waals surface area (Å²) in [7, 11) is 1.55. The van der Waals surface area contributed by atoms with Gasteiger partial charge in [0.1, 0.15) is 5.75 Å². The number of amides is 2. The molecule has 1 saturated heterocycles. The summed E-state index contributed by atoms with van der Waals surface area (Å²) in [6.45, 7) is 4.27. The summed E-state index contributed by atoms with van der Waals surface area (Å²) in [5, 5.41) is 32.3. The highest BCUT2D eigenvalue weighted by atomic mass is 16.5. The van der Waals surface area contributed by atoms with E-state index in [1.165, 1.54) is 0 Å². The van der Waals surface area contributed by atoms with Gasteiger partial charge in [-0.3, -0.25) is 14.3 Å². The van der Waals surface area contributed by atoms with E-state index in [9.17, 15) is 14.7 Å². The van der Waals surface area contributed by atoms with Crippen LogP contribution in [0.4, 0.5) is 11.4 Å². The number of ether oxygens (including phenoxy) is 1. The topological polar surface area (TPSA) is 133 Å². The van der Waals surface area contributed by atoms with Crippen molar-refractivity contribution in [2.45, 2.75) is 38.5 Å². The Morgan fingerprint density at radius 1 is 1.22 bits per heavy atom. The second-order valence-electron chi connectivity index (χ2n) is 10.4. The molecule has 1 fully saturated rings. The lowest BCUT2D eigenvalue weighted by atomic mass is 9.83. The Labute approximate surface area is 239 Å².